The fraction of sp³-hybridized carbons (Fsp3) is 0.388. The van der Waals surface area contributed by atoms with Crippen molar-refractivity contribution in [3.63, 3.8) is 0 Å². The van der Waals surface area contributed by atoms with Crippen molar-refractivity contribution in [1.82, 2.24) is 20.9 Å². The Balaban J connectivity index is 1.76. The predicted molar refractivity (Wildman–Crippen MR) is 252 cm³/mol. The second-order valence-electron chi connectivity index (χ2n) is 18.6. The molecule has 0 bridgehead atoms. The Labute approximate surface area is 390 Å². The minimum atomic E-state index is -4.88. The van der Waals surface area contributed by atoms with Gasteiger partial charge in [-0.3, -0.25) is 33.7 Å². The Morgan fingerprint density at radius 1 is 0.716 bits per heavy atom. The lowest BCUT2D eigenvalue weighted by molar-refractivity contribution is -0.140. The molecule has 0 spiro atoms. The summed E-state index contributed by atoms with van der Waals surface area (Å²) < 4.78 is 32.4. The van der Waals surface area contributed by atoms with Crippen LogP contribution < -0.4 is 20.9 Å². The molecule has 5 N–H and O–H groups in total. The predicted octanol–water partition coefficient (Wildman–Crippen LogP) is 6.15. The van der Waals surface area contributed by atoms with E-state index in [1.807, 2.05) is 20.8 Å². The van der Waals surface area contributed by atoms with Gasteiger partial charge in [-0.15, -0.1) is 0 Å². The number of carboxylic acid groups (broad SMARTS) is 2. The molecule has 67 heavy (non-hydrogen) atoms. The van der Waals surface area contributed by atoms with E-state index < -0.39 is 104 Å². The summed E-state index contributed by atoms with van der Waals surface area (Å²) in [7, 11) is -4.88. The van der Waals surface area contributed by atoms with E-state index in [1.165, 1.54) is 12.1 Å². The Morgan fingerprint density at radius 2 is 1.30 bits per heavy atom. The molecular formula is C49H59N5O12S. The lowest BCUT2D eigenvalue weighted by Gasteiger charge is -2.37. The fourth-order valence-corrected chi connectivity index (χ4v) is 8.22. The zero-order chi connectivity index (χ0) is 49.9. The first-order valence-electron chi connectivity index (χ1n) is 21.5. The Bertz CT molecular complexity index is 2600. The maximum Gasteiger partial charge on any atom is 0.408 e. The van der Waals surface area contributed by atoms with Gasteiger partial charge in [-0.1, -0.05) is 128 Å². The van der Waals surface area contributed by atoms with Crippen molar-refractivity contribution in [1.29, 1.82) is 0 Å². The molecule has 4 rings (SSSR count). The Morgan fingerprint density at radius 3 is 1.91 bits per heavy atom. The van der Waals surface area contributed by atoms with Crippen LogP contribution in [0, 0.1) is 11.3 Å². The number of hydrogen-bond acceptors (Lipinski definition) is 11. The van der Waals surface area contributed by atoms with Crippen molar-refractivity contribution in [3.05, 3.63) is 113 Å². The number of nitrogens with one attached hydrogen (secondary N) is 3. The number of sulfone groups is 1. The number of carbonyl (C=O) groups is 7. The standard InChI is InChI=1S/C49H59N5O12S/c1-30(2)42(44(60)51-37(27-41(57)58)46(62)67(64,65)25-24-32-18-12-14-20-34(32)49(6,7)8)54(39-23-22-33-19-13-15-21-35(33)50-39)45(61)38(28-48(3,4)5)52-43(59)36(26-40(55)56)53-47(63)66-29-31-16-10-9-11-17-31/h9-25,30,36-38,42H,26-29H2,1-8H3,(H,51,60)(H,52,59)(H,53,63)(H,55,56)(H,57,58)/t36-,37-,38-,42-/m0/s1. The lowest BCUT2D eigenvalue weighted by atomic mass is 9.84. The fourth-order valence-electron chi connectivity index (χ4n) is 7.22. The number of alkyl carbamates (subject to hydrolysis) is 1. The Hall–Kier alpha value is -6.95. The molecule has 0 saturated heterocycles. The molecule has 18 heteroatoms. The number of carbonyl (C=O) groups excluding carboxylic acids is 5. The van der Waals surface area contributed by atoms with Gasteiger partial charge in [0.2, 0.25) is 21.7 Å². The van der Waals surface area contributed by atoms with Crippen LogP contribution in [0.2, 0.25) is 0 Å². The van der Waals surface area contributed by atoms with Crippen LogP contribution in [0.3, 0.4) is 0 Å². The van der Waals surface area contributed by atoms with Gasteiger partial charge in [-0.25, -0.2) is 18.2 Å². The van der Waals surface area contributed by atoms with E-state index in [9.17, 15) is 47.4 Å². The molecule has 4 amide bonds. The summed E-state index contributed by atoms with van der Waals surface area (Å²) in [5.74, 6) is -7.16. The van der Waals surface area contributed by atoms with Crippen LogP contribution in [0.1, 0.15) is 91.3 Å². The number of aliphatic carboxylic acids is 2. The summed E-state index contributed by atoms with van der Waals surface area (Å²) >= 11 is 0. The van der Waals surface area contributed by atoms with E-state index >= 15 is 4.79 Å². The molecule has 0 aliphatic heterocycles. The van der Waals surface area contributed by atoms with Crippen molar-refractivity contribution in [2.45, 2.75) is 111 Å². The highest BCUT2D eigenvalue weighted by Gasteiger charge is 2.42. The van der Waals surface area contributed by atoms with Crippen molar-refractivity contribution in [2.75, 3.05) is 4.90 Å². The third kappa shape index (κ3) is 15.3. The average molecular weight is 942 g/mol. The molecule has 0 radical (unpaired) electrons. The summed E-state index contributed by atoms with van der Waals surface area (Å²) in [5, 5.41) is 26.5. The second kappa shape index (κ2) is 22.5. The molecule has 0 saturated carbocycles. The van der Waals surface area contributed by atoms with E-state index in [4.69, 9.17) is 4.74 Å². The minimum absolute atomic E-state index is 0.107. The van der Waals surface area contributed by atoms with Gasteiger partial charge in [-0.05, 0) is 64.1 Å². The number of aromatic nitrogens is 1. The zero-order valence-corrected chi connectivity index (χ0v) is 39.6. The van der Waals surface area contributed by atoms with Crippen LogP contribution in [-0.2, 0) is 55.4 Å². The van der Waals surface area contributed by atoms with Gasteiger partial charge in [0.25, 0.3) is 11.0 Å². The van der Waals surface area contributed by atoms with Gasteiger partial charge in [-0.2, -0.15) is 0 Å². The van der Waals surface area contributed by atoms with Gasteiger partial charge in [0.05, 0.1) is 18.4 Å². The zero-order valence-electron chi connectivity index (χ0n) is 38.8. The van der Waals surface area contributed by atoms with Crippen LogP contribution in [0.5, 0.6) is 0 Å². The summed E-state index contributed by atoms with van der Waals surface area (Å²) in [6, 6.07) is 18.4. The van der Waals surface area contributed by atoms with Crippen LogP contribution in [0.25, 0.3) is 17.0 Å². The second-order valence-corrected chi connectivity index (χ2v) is 20.4. The summed E-state index contributed by atoms with van der Waals surface area (Å²) in [5.41, 5.74) is 1.13. The molecule has 1 aromatic heterocycles. The first kappa shape index (κ1) is 52.7. The molecular weight excluding hydrogens is 883 g/mol. The summed E-state index contributed by atoms with van der Waals surface area (Å²) in [4.78, 5) is 100. The molecule has 1 heterocycles. The summed E-state index contributed by atoms with van der Waals surface area (Å²) in [6.45, 7) is 14.0. The smallest absolute Gasteiger partial charge is 0.408 e. The van der Waals surface area contributed by atoms with E-state index in [0.29, 0.717) is 27.4 Å². The quantitative estimate of drug-likeness (QED) is 0.0708. The minimum Gasteiger partial charge on any atom is -0.481 e. The van der Waals surface area contributed by atoms with Gasteiger partial charge >= 0.3 is 18.0 Å². The average Bonchev–Trinajstić information content (AvgIpc) is 3.24. The topological polar surface area (TPSA) is 256 Å². The third-order valence-corrected chi connectivity index (χ3v) is 11.7. The molecule has 4 atom stereocenters. The number of pyridine rings is 1. The molecule has 0 fully saturated rings. The summed E-state index contributed by atoms with van der Waals surface area (Å²) in [6.07, 6.45) is -2.05. The molecule has 0 unspecified atom stereocenters. The number of ether oxygens (including phenoxy) is 1. The molecule has 0 aliphatic carbocycles. The highest BCUT2D eigenvalue weighted by Crippen LogP contribution is 2.29. The van der Waals surface area contributed by atoms with Crippen molar-refractivity contribution in [3.8, 4) is 0 Å². The first-order valence-corrected chi connectivity index (χ1v) is 23.1. The first-order chi connectivity index (χ1) is 31.3. The number of carboxylic acids is 2. The number of amides is 4. The normalized spacial score (nSPS) is 13.8. The number of benzene rings is 3. The monoisotopic (exact) mass is 941 g/mol. The maximum absolute atomic E-state index is 15.2. The van der Waals surface area contributed by atoms with E-state index in [-0.39, 0.29) is 18.8 Å². The maximum atomic E-state index is 15.2. The van der Waals surface area contributed by atoms with Crippen LogP contribution in [0.4, 0.5) is 10.6 Å². The van der Waals surface area contributed by atoms with Crippen LogP contribution >= 0.6 is 0 Å². The Kier molecular flexibility index (Phi) is 17.7. The van der Waals surface area contributed by atoms with Crippen molar-refractivity contribution >= 4 is 73.5 Å². The third-order valence-electron chi connectivity index (χ3n) is 10.3. The van der Waals surface area contributed by atoms with Gasteiger partial charge in [0.1, 0.15) is 36.6 Å². The molecule has 4 aromatic rings. The van der Waals surface area contributed by atoms with Crippen molar-refractivity contribution in [2.24, 2.45) is 11.3 Å². The number of fused-ring (bicyclic) bond motifs is 1. The number of anilines is 1. The molecule has 17 nitrogen and oxygen atoms in total. The van der Waals surface area contributed by atoms with Gasteiger partial charge < -0.3 is 30.9 Å². The highest BCUT2D eigenvalue weighted by molar-refractivity contribution is 8.08. The highest BCUT2D eigenvalue weighted by atomic mass is 32.2. The van der Waals surface area contributed by atoms with Gasteiger partial charge in [0, 0.05) is 10.8 Å². The lowest BCUT2D eigenvalue weighted by Crippen LogP contribution is -2.61. The molecule has 0 aliphatic rings. The number of nitrogens with zero attached hydrogens (tertiary/aromatic N) is 2. The van der Waals surface area contributed by atoms with E-state index in [1.54, 1.807) is 120 Å². The molecule has 358 valence electrons. The number of para-hydroxylation sites is 1. The SMILES string of the molecule is CC(C)[C@@H](C(=O)N[C@@H](CC(=O)O)C(=O)S(=O)(=O)C=Cc1ccccc1C(C)(C)C)N(C(=O)[C@H](CC(C)(C)C)NC(=O)[C@H](CC(=O)O)NC(=O)OCc1ccccc1)c1ccc2ccccc2n1. The van der Waals surface area contributed by atoms with Crippen LogP contribution in [0.15, 0.2) is 96.4 Å². The van der Waals surface area contributed by atoms with E-state index in [0.717, 1.165) is 10.5 Å². The van der Waals surface area contributed by atoms with Crippen LogP contribution in [-0.4, -0.2) is 88.7 Å². The molecule has 3 aromatic carbocycles. The number of rotatable bonds is 19. The van der Waals surface area contributed by atoms with Crippen molar-refractivity contribution < 1.29 is 56.9 Å². The van der Waals surface area contributed by atoms with Gasteiger partial charge in [0.15, 0.2) is 0 Å². The van der Waals surface area contributed by atoms with E-state index in [2.05, 4.69) is 20.9 Å². The largest absolute Gasteiger partial charge is 0.481 e. The number of hydrogen-bond donors (Lipinski definition) is 5.